The first-order chi connectivity index (χ1) is 14.4. The van der Waals surface area contributed by atoms with E-state index in [0.717, 1.165) is 41.0 Å². The number of carboxylic acids is 1. The number of hydrogen-bond acceptors (Lipinski definition) is 5. The Morgan fingerprint density at radius 3 is 2.77 bits per heavy atom. The van der Waals surface area contributed by atoms with Crippen LogP contribution in [0, 0.1) is 12.8 Å². The number of carbonyl (C=O) groups is 2. The lowest BCUT2D eigenvalue weighted by atomic mass is 9.81. The molecule has 1 N–H and O–H groups in total. The zero-order valence-electron chi connectivity index (χ0n) is 17.0. The first-order valence-electron chi connectivity index (χ1n) is 10.4. The van der Waals surface area contributed by atoms with Crippen molar-refractivity contribution in [2.75, 3.05) is 19.7 Å². The number of likely N-dealkylation sites (tertiary alicyclic amines) is 1. The fourth-order valence-electron chi connectivity index (χ4n) is 4.34. The fourth-order valence-corrected chi connectivity index (χ4v) is 4.34. The van der Waals surface area contributed by atoms with Crippen molar-refractivity contribution < 1.29 is 24.2 Å². The number of aromatic nitrogens is 2. The Kier molecular flexibility index (Phi) is 4.45. The molecule has 1 saturated carbocycles. The first-order valence-corrected chi connectivity index (χ1v) is 10.4. The van der Waals surface area contributed by atoms with Crippen LogP contribution in [0.5, 0.6) is 5.75 Å². The molecule has 1 aliphatic carbocycles. The lowest BCUT2D eigenvalue weighted by Gasteiger charge is -2.43. The number of nitrogens with zero attached hydrogens (tertiary/aromatic N) is 3. The molecule has 2 fully saturated rings. The van der Waals surface area contributed by atoms with Gasteiger partial charge in [-0.15, -0.1) is 0 Å². The number of aliphatic carboxylic acids is 1. The van der Waals surface area contributed by atoms with Crippen molar-refractivity contribution in [3.05, 3.63) is 35.5 Å². The molecule has 0 radical (unpaired) electrons. The minimum absolute atomic E-state index is 0.204. The van der Waals surface area contributed by atoms with Crippen molar-refractivity contribution in [3.63, 3.8) is 0 Å². The summed E-state index contributed by atoms with van der Waals surface area (Å²) < 4.78 is 13.4. The van der Waals surface area contributed by atoms with Crippen molar-refractivity contribution in [2.45, 2.75) is 44.8 Å². The van der Waals surface area contributed by atoms with Crippen LogP contribution in [0.4, 0.5) is 4.79 Å². The number of carbonyl (C=O) groups excluding carboxylic acids is 1. The molecule has 0 unspecified atom stereocenters. The van der Waals surface area contributed by atoms with Crippen LogP contribution in [-0.4, -0.2) is 51.5 Å². The summed E-state index contributed by atoms with van der Waals surface area (Å²) in [5.74, 6) is 0.351. The van der Waals surface area contributed by atoms with Gasteiger partial charge in [0, 0.05) is 43.3 Å². The second-order valence-electron chi connectivity index (χ2n) is 8.59. The van der Waals surface area contributed by atoms with Crippen LogP contribution in [-0.2, 0) is 21.7 Å². The summed E-state index contributed by atoms with van der Waals surface area (Å²) in [4.78, 5) is 25.4. The van der Waals surface area contributed by atoms with Crippen LogP contribution in [0.1, 0.15) is 36.8 Å². The predicted octanol–water partition coefficient (Wildman–Crippen LogP) is 3.17. The predicted molar refractivity (Wildman–Crippen MR) is 107 cm³/mol. The molecule has 3 aliphatic rings. The number of aryl methyl sites for hydroxylation is 1. The molecule has 1 saturated heterocycles. The Bertz CT molecular complexity index is 1000. The topological polar surface area (TPSA) is 93.9 Å². The summed E-state index contributed by atoms with van der Waals surface area (Å²) in [6.45, 7) is 3.36. The Morgan fingerprint density at radius 1 is 1.30 bits per heavy atom. The van der Waals surface area contributed by atoms with Gasteiger partial charge in [-0.05, 0) is 43.4 Å². The van der Waals surface area contributed by atoms with Gasteiger partial charge in [0.25, 0.3) is 0 Å². The zero-order valence-corrected chi connectivity index (χ0v) is 17.0. The van der Waals surface area contributed by atoms with Crippen molar-refractivity contribution in [1.29, 1.82) is 0 Å². The maximum Gasteiger partial charge on any atom is 0.409 e. The van der Waals surface area contributed by atoms with Crippen LogP contribution in [0.15, 0.2) is 24.4 Å². The molecule has 2 aromatic rings. The number of fused-ring (bicyclic) bond motifs is 4. The molecule has 3 heterocycles. The standard InChI is InChI=1S/C22H25N3O5/c1-14-2-5-16-18(10-14)30-22(17-11-25(12-19(26)27)23-20(16)17)6-8-24(9-7-22)21(28)29-13-15-3-4-15/h2,5,10-11,15H,3-4,6-9,12-13H2,1H3,(H,26,27). The van der Waals surface area contributed by atoms with Gasteiger partial charge >= 0.3 is 12.1 Å². The number of ether oxygens (including phenoxy) is 2. The largest absolute Gasteiger partial charge is 0.482 e. The van der Waals surface area contributed by atoms with Gasteiger partial charge in [-0.1, -0.05) is 6.07 Å². The second-order valence-corrected chi connectivity index (χ2v) is 8.59. The van der Waals surface area contributed by atoms with Gasteiger partial charge in [0.2, 0.25) is 0 Å². The van der Waals surface area contributed by atoms with E-state index in [1.165, 1.54) is 4.68 Å². The second kappa shape index (κ2) is 7.04. The average molecular weight is 411 g/mol. The Hall–Kier alpha value is -3.03. The highest BCUT2D eigenvalue weighted by atomic mass is 16.6. The Morgan fingerprint density at radius 2 is 2.07 bits per heavy atom. The van der Waals surface area contributed by atoms with Crippen LogP contribution >= 0.6 is 0 Å². The molecule has 8 heteroatoms. The lowest BCUT2D eigenvalue weighted by molar-refractivity contribution is -0.137. The molecule has 158 valence electrons. The fraction of sp³-hybridized carbons (Fsp3) is 0.500. The highest BCUT2D eigenvalue weighted by Crippen LogP contribution is 2.49. The van der Waals surface area contributed by atoms with Crippen LogP contribution in [0.25, 0.3) is 11.3 Å². The number of rotatable bonds is 4. The molecule has 0 bridgehead atoms. The van der Waals surface area contributed by atoms with Crippen molar-refractivity contribution in [1.82, 2.24) is 14.7 Å². The molecular weight excluding hydrogens is 386 g/mol. The Balaban J connectivity index is 1.42. The van der Waals surface area contributed by atoms with E-state index in [1.807, 2.05) is 25.1 Å². The molecule has 0 atom stereocenters. The number of amides is 1. The van der Waals surface area contributed by atoms with E-state index in [9.17, 15) is 14.7 Å². The summed E-state index contributed by atoms with van der Waals surface area (Å²) in [6, 6.07) is 5.96. The summed E-state index contributed by atoms with van der Waals surface area (Å²) >= 11 is 0. The smallest absolute Gasteiger partial charge is 0.409 e. The van der Waals surface area contributed by atoms with Crippen molar-refractivity contribution in [2.24, 2.45) is 5.92 Å². The highest BCUT2D eigenvalue weighted by Gasteiger charge is 2.46. The molecule has 30 heavy (non-hydrogen) atoms. The maximum atomic E-state index is 12.4. The van der Waals surface area contributed by atoms with Crippen LogP contribution in [0.3, 0.4) is 0 Å². The van der Waals surface area contributed by atoms with E-state index in [-0.39, 0.29) is 12.6 Å². The molecule has 1 aromatic heterocycles. The van der Waals surface area contributed by atoms with E-state index < -0.39 is 11.6 Å². The molecule has 1 amide bonds. The van der Waals surface area contributed by atoms with E-state index in [1.54, 1.807) is 11.1 Å². The minimum atomic E-state index is -0.942. The zero-order chi connectivity index (χ0) is 20.9. The van der Waals surface area contributed by atoms with E-state index in [0.29, 0.717) is 38.5 Å². The molecule has 2 aliphatic heterocycles. The Labute approximate surface area is 174 Å². The monoisotopic (exact) mass is 411 g/mol. The quantitative estimate of drug-likeness (QED) is 0.831. The third-order valence-corrected chi connectivity index (χ3v) is 6.22. The van der Waals surface area contributed by atoms with E-state index in [4.69, 9.17) is 9.47 Å². The van der Waals surface area contributed by atoms with Gasteiger partial charge in [-0.25, -0.2) is 4.79 Å². The average Bonchev–Trinajstić information content (AvgIpc) is 3.44. The van der Waals surface area contributed by atoms with Crippen LogP contribution < -0.4 is 4.74 Å². The molecule has 1 spiro atoms. The molecule has 8 nitrogen and oxygen atoms in total. The van der Waals surface area contributed by atoms with Gasteiger partial charge < -0.3 is 19.5 Å². The van der Waals surface area contributed by atoms with Crippen LogP contribution in [0.2, 0.25) is 0 Å². The third-order valence-electron chi connectivity index (χ3n) is 6.22. The third kappa shape index (κ3) is 3.40. The molecular formula is C22H25N3O5. The SMILES string of the molecule is Cc1ccc2c(c1)OC1(CCN(C(=O)OCC3CC3)CC1)c1cn(CC(=O)O)nc1-2. The van der Waals surface area contributed by atoms with Crippen molar-refractivity contribution >= 4 is 12.1 Å². The molecule has 5 rings (SSSR count). The van der Waals surface area contributed by atoms with Gasteiger partial charge in [0.15, 0.2) is 0 Å². The van der Waals surface area contributed by atoms with Gasteiger partial charge in [0.05, 0.1) is 6.61 Å². The number of carboxylic acid groups (broad SMARTS) is 1. The summed E-state index contributed by atoms with van der Waals surface area (Å²) in [5, 5.41) is 13.8. The maximum absolute atomic E-state index is 12.4. The van der Waals surface area contributed by atoms with E-state index in [2.05, 4.69) is 5.10 Å². The van der Waals surface area contributed by atoms with Gasteiger partial charge in [-0.2, -0.15) is 5.10 Å². The summed E-state index contributed by atoms with van der Waals surface area (Å²) in [7, 11) is 0. The minimum Gasteiger partial charge on any atom is -0.482 e. The number of hydrogen-bond donors (Lipinski definition) is 1. The lowest BCUT2D eigenvalue weighted by Crippen LogP contribution is -2.49. The highest BCUT2D eigenvalue weighted by molar-refractivity contribution is 5.75. The van der Waals surface area contributed by atoms with Gasteiger partial charge in [-0.3, -0.25) is 9.48 Å². The first kappa shape index (κ1) is 19.0. The van der Waals surface area contributed by atoms with Gasteiger partial charge in [0.1, 0.15) is 23.6 Å². The molecule has 1 aromatic carbocycles. The number of piperidine rings is 1. The normalized spacial score (nSPS) is 19.0. The summed E-state index contributed by atoms with van der Waals surface area (Å²) in [5.41, 5.74) is 2.99. The van der Waals surface area contributed by atoms with E-state index >= 15 is 0 Å². The van der Waals surface area contributed by atoms with Crippen molar-refractivity contribution in [3.8, 4) is 17.0 Å². The summed E-state index contributed by atoms with van der Waals surface area (Å²) in [6.07, 6.45) is 5.02. The number of benzene rings is 1.